The van der Waals surface area contributed by atoms with Gasteiger partial charge < -0.3 is 10.4 Å². The van der Waals surface area contributed by atoms with Gasteiger partial charge in [-0.3, -0.25) is 9.52 Å². The van der Waals surface area contributed by atoms with Crippen LogP contribution in [0, 0.1) is 12.7 Å². The number of fused-ring (bicyclic) bond motifs is 6. The van der Waals surface area contributed by atoms with E-state index in [-0.39, 0.29) is 28.4 Å². The third-order valence-electron chi connectivity index (χ3n) is 4.89. The number of aryl methyl sites for hydroxylation is 1. The zero-order valence-electron chi connectivity index (χ0n) is 15.7. The largest absolute Gasteiger partial charge is 0.505 e. The molecule has 0 saturated heterocycles. The Bertz CT molecular complexity index is 1310. The van der Waals surface area contributed by atoms with Crippen LogP contribution in [-0.2, 0) is 16.6 Å². The van der Waals surface area contributed by atoms with Crippen molar-refractivity contribution in [2.45, 2.75) is 18.4 Å². The predicted molar refractivity (Wildman–Crippen MR) is 112 cm³/mol. The molecule has 1 aliphatic rings. The molecule has 3 N–H and O–H groups in total. The Balaban J connectivity index is 2.01. The molecule has 154 valence electrons. The Morgan fingerprint density at radius 1 is 1.10 bits per heavy atom. The van der Waals surface area contributed by atoms with E-state index in [1.54, 1.807) is 31.2 Å². The average Bonchev–Trinajstić information content (AvgIpc) is 2.70. The molecule has 0 spiro atoms. The minimum Gasteiger partial charge on any atom is -0.505 e. The van der Waals surface area contributed by atoms with Gasteiger partial charge in [0.15, 0.2) is 5.75 Å². The standard InChI is InChI=1S/C21H16ClFN2O4S/c1-11-6-17(23)15-9-18(11)25-30(28,29)19-8-13(7-16(22)20(19)26)21(27)24-10-12-4-2-3-5-14(12)15/h2-9,25-26H,10H2,1H3,(H,24,27). The molecule has 1 amide bonds. The number of hydrogen-bond acceptors (Lipinski definition) is 4. The zero-order chi connectivity index (χ0) is 21.6. The van der Waals surface area contributed by atoms with Crippen molar-refractivity contribution in [2.24, 2.45) is 0 Å². The summed E-state index contributed by atoms with van der Waals surface area (Å²) in [6.45, 7) is 1.63. The van der Waals surface area contributed by atoms with Gasteiger partial charge in [0.05, 0.1) is 10.7 Å². The second-order valence-electron chi connectivity index (χ2n) is 6.90. The monoisotopic (exact) mass is 446 g/mol. The molecule has 4 bridgehead atoms. The first-order valence-corrected chi connectivity index (χ1v) is 10.8. The first-order valence-electron chi connectivity index (χ1n) is 8.89. The SMILES string of the molecule is Cc1cc(F)c2cc1NS(=O)(=O)c1cc(cc(Cl)c1O)C(=O)NCc1ccccc1-2. The summed E-state index contributed by atoms with van der Waals surface area (Å²) in [6, 6.07) is 11.8. The molecule has 0 atom stereocenters. The number of halogens is 2. The molecule has 0 aliphatic carbocycles. The Kier molecular flexibility index (Phi) is 4.91. The van der Waals surface area contributed by atoms with E-state index in [1.807, 2.05) is 0 Å². The summed E-state index contributed by atoms with van der Waals surface area (Å²) in [5.41, 5.74) is 1.79. The molecule has 3 aromatic carbocycles. The lowest BCUT2D eigenvalue weighted by atomic mass is 9.97. The second kappa shape index (κ2) is 7.30. The molecule has 4 rings (SSSR count). The summed E-state index contributed by atoms with van der Waals surface area (Å²) >= 11 is 5.98. The zero-order valence-corrected chi connectivity index (χ0v) is 17.2. The van der Waals surface area contributed by atoms with Gasteiger partial charge in [0.2, 0.25) is 0 Å². The molecular formula is C21H16ClFN2O4S. The smallest absolute Gasteiger partial charge is 0.265 e. The maximum Gasteiger partial charge on any atom is 0.265 e. The van der Waals surface area contributed by atoms with Crippen LogP contribution in [0.15, 0.2) is 53.4 Å². The number of phenols is 1. The summed E-state index contributed by atoms with van der Waals surface area (Å²) in [5.74, 6) is -1.81. The molecule has 0 saturated carbocycles. The van der Waals surface area contributed by atoms with E-state index in [0.717, 1.165) is 6.07 Å². The van der Waals surface area contributed by atoms with Gasteiger partial charge in [-0.1, -0.05) is 35.9 Å². The van der Waals surface area contributed by atoms with Gasteiger partial charge in [0, 0.05) is 17.7 Å². The normalized spacial score (nSPS) is 15.0. The quantitative estimate of drug-likeness (QED) is 0.482. The lowest BCUT2D eigenvalue weighted by molar-refractivity contribution is 0.0950. The maximum absolute atomic E-state index is 14.8. The summed E-state index contributed by atoms with van der Waals surface area (Å²) < 4.78 is 43.1. The lowest BCUT2D eigenvalue weighted by Crippen LogP contribution is -2.23. The molecule has 0 radical (unpaired) electrons. The van der Waals surface area contributed by atoms with Crippen molar-refractivity contribution < 1.29 is 22.7 Å². The molecule has 30 heavy (non-hydrogen) atoms. The predicted octanol–water partition coefficient (Wildman–Crippen LogP) is 4.20. The number of carbonyl (C=O) groups is 1. The summed E-state index contributed by atoms with van der Waals surface area (Å²) in [5, 5.41) is 12.6. The number of amides is 1. The van der Waals surface area contributed by atoms with Crippen LogP contribution in [0.2, 0.25) is 5.02 Å². The van der Waals surface area contributed by atoms with Crippen molar-refractivity contribution in [3.63, 3.8) is 0 Å². The fourth-order valence-electron chi connectivity index (χ4n) is 3.31. The van der Waals surface area contributed by atoms with Crippen molar-refractivity contribution in [3.05, 3.63) is 76.1 Å². The van der Waals surface area contributed by atoms with E-state index < -0.39 is 32.4 Å². The van der Waals surface area contributed by atoms with Crippen molar-refractivity contribution >= 4 is 33.2 Å². The molecule has 3 aromatic rings. The molecule has 6 nitrogen and oxygen atoms in total. The van der Waals surface area contributed by atoms with E-state index in [9.17, 15) is 22.7 Å². The molecule has 1 aliphatic heterocycles. The summed E-state index contributed by atoms with van der Waals surface area (Å²) in [6.07, 6.45) is 0. The van der Waals surface area contributed by atoms with Crippen LogP contribution >= 0.6 is 11.6 Å². The number of benzene rings is 3. The molecule has 9 heteroatoms. The van der Waals surface area contributed by atoms with Crippen LogP contribution < -0.4 is 10.0 Å². The van der Waals surface area contributed by atoms with Crippen LogP contribution in [0.1, 0.15) is 21.5 Å². The first-order chi connectivity index (χ1) is 14.2. The summed E-state index contributed by atoms with van der Waals surface area (Å²) in [4.78, 5) is 12.1. The highest BCUT2D eigenvalue weighted by molar-refractivity contribution is 7.92. The highest BCUT2D eigenvalue weighted by Gasteiger charge is 2.26. The molecule has 0 fully saturated rings. The Hall–Kier alpha value is -3.10. The van der Waals surface area contributed by atoms with Gasteiger partial charge in [-0.25, -0.2) is 12.8 Å². The van der Waals surface area contributed by atoms with Gasteiger partial charge in [0.1, 0.15) is 10.7 Å². The van der Waals surface area contributed by atoms with Crippen LogP contribution in [0.25, 0.3) is 11.1 Å². The maximum atomic E-state index is 14.8. The highest BCUT2D eigenvalue weighted by Crippen LogP contribution is 2.36. The number of phenolic OH excluding ortho intramolecular Hbond substituents is 1. The minimum absolute atomic E-state index is 0.0375. The Morgan fingerprint density at radius 2 is 1.83 bits per heavy atom. The molecule has 0 unspecified atom stereocenters. The molecular weight excluding hydrogens is 431 g/mol. The number of rotatable bonds is 0. The second-order valence-corrected chi connectivity index (χ2v) is 8.96. The number of carbonyl (C=O) groups excluding carboxylic acids is 1. The molecule has 1 heterocycles. The molecule has 0 aromatic heterocycles. The minimum atomic E-state index is -4.33. The van der Waals surface area contributed by atoms with Crippen LogP contribution in [0.5, 0.6) is 5.75 Å². The summed E-state index contributed by atoms with van der Waals surface area (Å²) in [7, 11) is -4.33. The Labute approximate surface area is 177 Å². The highest BCUT2D eigenvalue weighted by atomic mass is 35.5. The average molecular weight is 447 g/mol. The fraction of sp³-hybridized carbons (Fsp3) is 0.0952. The third-order valence-corrected chi connectivity index (χ3v) is 6.55. The fourth-order valence-corrected chi connectivity index (χ4v) is 4.85. The van der Waals surface area contributed by atoms with Gasteiger partial charge >= 0.3 is 0 Å². The van der Waals surface area contributed by atoms with Crippen molar-refractivity contribution in [1.82, 2.24) is 5.32 Å². The topological polar surface area (TPSA) is 95.5 Å². The van der Waals surface area contributed by atoms with Gasteiger partial charge in [-0.05, 0) is 47.9 Å². The lowest BCUT2D eigenvalue weighted by Gasteiger charge is -2.15. The van der Waals surface area contributed by atoms with E-state index in [2.05, 4.69) is 10.0 Å². The van der Waals surface area contributed by atoms with E-state index in [4.69, 9.17) is 11.6 Å². The van der Waals surface area contributed by atoms with E-state index in [1.165, 1.54) is 18.2 Å². The van der Waals surface area contributed by atoms with Crippen LogP contribution in [0.3, 0.4) is 0 Å². The van der Waals surface area contributed by atoms with E-state index in [0.29, 0.717) is 16.7 Å². The number of hydrogen-bond donors (Lipinski definition) is 3. The number of nitrogens with one attached hydrogen (secondary N) is 2. The number of aromatic hydroxyl groups is 1. The van der Waals surface area contributed by atoms with Crippen molar-refractivity contribution in [2.75, 3.05) is 4.72 Å². The van der Waals surface area contributed by atoms with Crippen molar-refractivity contribution in [1.29, 1.82) is 0 Å². The number of sulfonamides is 1. The van der Waals surface area contributed by atoms with Gasteiger partial charge in [0.25, 0.3) is 15.9 Å². The van der Waals surface area contributed by atoms with Gasteiger partial charge in [-0.15, -0.1) is 0 Å². The van der Waals surface area contributed by atoms with Gasteiger partial charge in [-0.2, -0.15) is 0 Å². The third kappa shape index (κ3) is 3.48. The van der Waals surface area contributed by atoms with Crippen LogP contribution in [0.4, 0.5) is 10.1 Å². The van der Waals surface area contributed by atoms with Crippen LogP contribution in [-0.4, -0.2) is 19.4 Å². The number of anilines is 1. The first kappa shape index (κ1) is 20.2. The van der Waals surface area contributed by atoms with Crippen molar-refractivity contribution in [3.8, 4) is 16.9 Å². The Morgan fingerprint density at radius 3 is 2.60 bits per heavy atom. The van der Waals surface area contributed by atoms with E-state index >= 15 is 0 Å².